The number of nitrogens with zero attached hydrogens (tertiary/aromatic N) is 2. The Hall–Kier alpha value is -1.06. The molecule has 0 bridgehead atoms. The van der Waals surface area contributed by atoms with Crippen LogP contribution in [0.15, 0.2) is 23.2 Å². The molecule has 2 aliphatic heterocycles. The Morgan fingerprint density at radius 2 is 2.07 bits per heavy atom. The molecule has 2 heterocycles. The van der Waals surface area contributed by atoms with Crippen LogP contribution in [0.25, 0.3) is 0 Å². The van der Waals surface area contributed by atoms with Crippen LogP contribution in [0.4, 0.5) is 0 Å². The summed E-state index contributed by atoms with van der Waals surface area (Å²) in [7, 11) is 3.61. The highest BCUT2D eigenvalue weighted by Crippen LogP contribution is 2.40. The van der Waals surface area contributed by atoms with Crippen LogP contribution < -0.4 is 15.4 Å². The molecule has 0 aliphatic carbocycles. The Morgan fingerprint density at radius 3 is 2.73 bits per heavy atom. The third kappa shape index (κ3) is 6.01. The first-order valence-corrected chi connectivity index (χ1v) is 11.0. The SMILES string of the molecule is CCN1CCCC1CNC(=NC)NCC1(c2cc(C)ccc2OC)CCOCC1.I. The Labute approximate surface area is 199 Å². The van der Waals surface area contributed by atoms with Crippen molar-refractivity contribution in [3.8, 4) is 5.75 Å². The van der Waals surface area contributed by atoms with Gasteiger partial charge in [-0.25, -0.2) is 0 Å². The number of hydrogen-bond acceptors (Lipinski definition) is 4. The first-order valence-electron chi connectivity index (χ1n) is 11.0. The third-order valence-corrected chi connectivity index (χ3v) is 6.60. The topological polar surface area (TPSA) is 58.1 Å². The van der Waals surface area contributed by atoms with Gasteiger partial charge in [0.1, 0.15) is 5.75 Å². The van der Waals surface area contributed by atoms with Gasteiger partial charge in [-0.3, -0.25) is 9.89 Å². The molecule has 1 atom stereocenters. The first-order chi connectivity index (χ1) is 14.1. The summed E-state index contributed by atoms with van der Waals surface area (Å²) in [5, 5.41) is 7.17. The van der Waals surface area contributed by atoms with Gasteiger partial charge in [-0.05, 0) is 51.8 Å². The lowest BCUT2D eigenvalue weighted by Gasteiger charge is -2.39. The average molecular weight is 530 g/mol. The van der Waals surface area contributed by atoms with Gasteiger partial charge in [-0.15, -0.1) is 24.0 Å². The summed E-state index contributed by atoms with van der Waals surface area (Å²) < 4.78 is 11.4. The Morgan fingerprint density at radius 1 is 1.30 bits per heavy atom. The van der Waals surface area contributed by atoms with E-state index in [1.165, 1.54) is 30.5 Å². The molecule has 0 spiro atoms. The van der Waals surface area contributed by atoms with Gasteiger partial charge < -0.3 is 20.1 Å². The van der Waals surface area contributed by atoms with E-state index in [1.807, 2.05) is 7.05 Å². The van der Waals surface area contributed by atoms with Crippen molar-refractivity contribution >= 4 is 29.9 Å². The van der Waals surface area contributed by atoms with Crippen molar-refractivity contribution in [3.05, 3.63) is 29.3 Å². The van der Waals surface area contributed by atoms with Crippen molar-refractivity contribution in [1.29, 1.82) is 0 Å². The molecule has 3 rings (SSSR count). The van der Waals surface area contributed by atoms with Crippen LogP contribution in [0.1, 0.15) is 43.7 Å². The van der Waals surface area contributed by atoms with Gasteiger partial charge >= 0.3 is 0 Å². The van der Waals surface area contributed by atoms with Crippen molar-refractivity contribution in [2.24, 2.45) is 4.99 Å². The van der Waals surface area contributed by atoms with Crippen LogP contribution in [0, 0.1) is 6.92 Å². The molecule has 2 saturated heterocycles. The van der Waals surface area contributed by atoms with Gasteiger partial charge in [0.05, 0.1) is 7.11 Å². The quantitative estimate of drug-likeness (QED) is 0.322. The molecule has 2 aliphatic rings. The Bertz CT molecular complexity index is 692. The van der Waals surface area contributed by atoms with Crippen LogP contribution in [0.3, 0.4) is 0 Å². The zero-order valence-corrected chi connectivity index (χ0v) is 21.3. The van der Waals surface area contributed by atoms with Crippen LogP contribution >= 0.6 is 24.0 Å². The molecule has 30 heavy (non-hydrogen) atoms. The molecule has 0 radical (unpaired) electrons. The highest BCUT2D eigenvalue weighted by Gasteiger charge is 2.37. The van der Waals surface area contributed by atoms with E-state index in [4.69, 9.17) is 9.47 Å². The summed E-state index contributed by atoms with van der Waals surface area (Å²) in [4.78, 5) is 7.04. The second kappa shape index (κ2) is 12.1. The van der Waals surface area contributed by atoms with E-state index in [0.29, 0.717) is 6.04 Å². The molecule has 0 aromatic heterocycles. The molecule has 2 fully saturated rings. The molecule has 0 amide bonds. The molecular weight excluding hydrogens is 491 g/mol. The number of likely N-dealkylation sites (N-methyl/N-ethyl adjacent to an activating group) is 1. The fourth-order valence-corrected chi connectivity index (χ4v) is 4.77. The summed E-state index contributed by atoms with van der Waals surface area (Å²) in [6.45, 7) is 10.0. The monoisotopic (exact) mass is 530 g/mol. The number of aryl methyl sites for hydroxylation is 1. The standard InChI is InChI=1S/C23H38N4O2.HI/c1-5-27-12-6-7-19(27)16-25-22(24-3)26-17-23(10-13-29-14-11-23)20-15-18(2)8-9-21(20)28-4;/h8-9,15,19H,5-7,10-14,16-17H2,1-4H3,(H2,24,25,26);1H. The molecule has 7 heteroatoms. The maximum atomic E-state index is 5.73. The number of guanidine groups is 1. The number of benzene rings is 1. The fraction of sp³-hybridized carbons (Fsp3) is 0.696. The van der Waals surface area contributed by atoms with Crippen molar-refractivity contribution in [2.45, 2.75) is 51.0 Å². The summed E-state index contributed by atoms with van der Waals surface area (Å²) in [5.41, 5.74) is 2.52. The zero-order chi connectivity index (χ0) is 20.7. The largest absolute Gasteiger partial charge is 0.496 e. The molecule has 2 N–H and O–H groups in total. The van der Waals surface area contributed by atoms with Gasteiger partial charge in [0.15, 0.2) is 5.96 Å². The molecule has 6 nitrogen and oxygen atoms in total. The summed E-state index contributed by atoms with van der Waals surface area (Å²) in [5.74, 6) is 1.84. The molecule has 0 saturated carbocycles. The van der Waals surface area contributed by atoms with Gasteiger partial charge in [-0.1, -0.05) is 24.6 Å². The number of aliphatic imine (C=N–C) groups is 1. The van der Waals surface area contributed by atoms with E-state index in [9.17, 15) is 0 Å². The second-order valence-electron chi connectivity index (χ2n) is 8.33. The fourth-order valence-electron chi connectivity index (χ4n) is 4.77. The maximum Gasteiger partial charge on any atom is 0.191 e. The van der Waals surface area contributed by atoms with Gasteiger partial charge in [0.25, 0.3) is 0 Å². The minimum atomic E-state index is -0.0178. The zero-order valence-electron chi connectivity index (χ0n) is 19.0. The van der Waals surface area contributed by atoms with Crippen molar-refractivity contribution in [3.63, 3.8) is 0 Å². The molecule has 1 unspecified atom stereocenters. The number of rotatable bonds is 7. The number of hydrogen-bond donors (Lipinski definition) is 2. The number of methoxy groups -OCH3 is 1. The lowest BCUT2D eigenvalue weighted by molar-refractivity contribution is 0.0505. The van der Waals surface area contributed by atoms with Gasteiger partial charge in [-0.2, -0.15) is 0 Å². The van der Waals surface area contributed by atoms with Crippen LogP contribution in [-0.2, 0) is 10.2 Å². The highest BCUT2D eigenvalue weighted by molar-refractivity contribution is 14.0. The van der Waals surface area contributed by atoms with Crippen LogP contribution in [-0.4, -0.2) is 70.5 Å². The Kier molecular flexibility index (Phi) is 10.2. The van der Waals surface area contributed by atoms with E-state index in [-0.39, 0.29) is 29.4 Å². The van der Waals surface area contributed by atoms with E-state index in [1.54, 1.807) is 7.11 Å². The van der Waals surface area contributed by atoms with Crippen molar-refractivity contribution in [2.75, 3.05) is 53.6 Å². The van der Waals surface area contributed by atoms with E-state index >= 15 is 0 Å². The van der Waals surface area contributed by atoms with Gasteiger partial charge in [0, 0.05) is 50.4 Å². The molecule has 1 aromatic carbocycles. The van der Waals surface area contributed by atoms with Crippen molar-refractivity contribution < 1.29 is 9.47 Å². The number of nitrogens with one attached hydrogen (secondary N) is 2. The molecular formula is C23H39IN4O2. The predicted molar refractivity (Wildman–Crippen MR) is 135 cm³/mol. The molecule has 170 valence electrons. The summed E-state index contributed by atoms with van der Waals surface area (Å²) in [6.07, 6.45) is 4.51. The lowest BCUT2D eigenvalue weighted by Crippen LogP contribution is -2.50. The third-order valence-electron chi connectivity index (χ3n) is 6.60. The number of likely N-dealkylation sites (tertiary alicyclic amines) is 1. The minimum absolute atomic E-state index is 0. The minimum Gasteiger partial charge on any atom is -0.496 e. The first kappa shape index (κ1) is 25.2. The van der Waals surface area contributed by atoms with Crippen LogP contribution in [0.5, 0.6) is 5.75 Å². The highest BCUT2D eigenvalue weighted by atomic mass is 127. The maximum absolute atomic E-state index is 5.73. The predicted octanol–water partition coefficient (Wildman–Crippen LogP) is 3.32. The Balaban J connectivity index is 0.00000320. The smallest absolute Gasteiger partial charge is 0.191 e. The summed E-state index contributed by atoms with van der Waals surface area (Å²) in [6, 6.07) is 7.09. The second-order valence-corrected chi connectivity index (χ2v) is 8.33. The summed E-state index contributed by atoms with van der Waals surface area (Å²) >= 11 is 0. The number of ether oxygens (including phenoxy) is 2. The molecule has 1 aromatic rings. The van der Waals surface area contributed by atoms with E-state index < -0.39 is 0 Å². The number of halogens is 1. The normalized spacial score (nSPS) is 21.7. The van der Waals surface area contributed by atoms with E-state index in [0.717, 1.165) is 57.4 Å². The van der Waals surface area contributed by atoms with E-state index in [2.05, 4.69) is 52.6 Å². The average Bonchev–Trinajstić information content (AvgIpc) is 3.22. The lowest BCUT2D eigenvalue weighted by atomic mass is 9.73. The van der Waals surface area contributed by atoms with Gasteiger partial charge in [0.2, 0.25) is 0 Å². The van der Waals surface area contributed by atoms with Crippen LogP contribution in [0.2, 0.25) is 0 Å². The van der Waals surface area contributed by atoms with Crippen molar-refractivity contribution in [1.82, 2.24) is 15.5 Å².